The van der Waals surface area contributed by atoms with Crippen molar-refractivity contribution in [1.29, 1.82) is 5.26 Å². The summed E-state index contributed by atoms with van der Waals surface area (Å²) in [5.74, 6) is 0.0826. The number of nitrogens with zero attached hydrogens (tertiary/aromatic N) is 3. The van der Waals surface area contributed by atoms with Crippen molar-refractivity contribution in [3.05, 3.63) is 51.8 Å². The van der Waals surface area contributed by atoms with Gasteiger partial charge in [0, 0.05) is 18.7 Å². The fraction of sp³-hybridized carbons (Fsp3) is 0.500. The van der Waals surface area contributed by atoms with E-state index in [2.05, 4.69) is 48.5 Å². The molecule has 1 amide bonds. The molecule has 0 aliphatic rings. The Labute approximate surface area is 162 Å². The van der Waals surface area contributed by atoms with E-state index < -0.39 is 0 Å². The second-order valence-corrected chi connectivity index (χ2v) is 7.16. The summed E-state index contributed by atoms with van der Waals surface area (Å²) < 4.78 is 1.87. The Balaban J connectivity index is 1.75. The summed E-state index contributed by atoms with van der Waals surface area (Å²) in [6.45, 7) is 9.52. The van der Waals surface area contributed by atoms with Gasteiger partial charge < -0.3 is 5.32 Å². The number of carbonyl (C=O) groups is 1. The molecule has 0 spiro atoms. The zero-order chi connectivity index (χ0) is 19.8. The summed E-state index contributed by atoms with van der Waals surface area (Å²) >= 11 is 0. The van der Waals surface area contributed by atoms with Gasteiger partial charge in [-0.1, -0.05) is 23.8 Å². The highest BCUT2D eigenvalue weighted by Crippen LogP contribution is 2.16. The lowest BCUT2D eigenvalue weighted by molar-refractivity contribution is -0.121. The SMILES string of the molecule is Cc1ccc(CCCNC(=O)CCc2c(C)nn(CCC#N)c2C)c(C)c1. The highest BCUT2D eigenvalue weighted by Gasteiger charge is 2.12. The van der Waals surface area contributed by atoms with E-state index >= 15 is 0 Å². The molecular formula is C22H30N4O. The van der Waals surface area contributed by atoms with E-state index in [1.54, 1.807) is 0 Å². The van der Waals surface area contributed by atoms with Crippen LogP contribution in [-0.4, -0.2) is 22.2 Å². The van der Waals surface area contributed by atoms with Crippen LogP contribution >= 0.6 is 0 Å². The van der Waals surface area contributed by atoms with E-state index in [0.717, 1.165) is 29.8 Å². The largest absolute Gasteiger partial charge is 0.356 e. The maximum absolute atomic E-state index is 12.2. The minimum absolute atomic E-state index is 0.0826. The summed E-state index contributed by atoms with van der Waals surface area (Å²) in [6, 6.07) is 8.67. The molecule has 0 aliphatic heterocycles. The number of aromatic nitrogens is 2. The molecule has 1 N–H and O–H groups in total. The standard InChI is InChI=1S/C22H30N4O/c1-16-8-9-20(17(2)15-16)7-5-13-24-22(27)11-10-21-18(3)25-26(19(21)4)14-6-12-23/h8-9,15H,5-7,10-11,13-14H2,1-4H3,(H,24,27). The van der Waals surface area contributed by atoms with Gasteiger partial charge in [0.1, 0.15) is 0 Å². The minimum Gasteiger partial charge on any atom is -0.356 e. The number of rotatable bonds is 9. The predicted octanol–water partition coefficient (Wildman–Crippen LogP) is 3.71. The van der Waals surface area contributed by atoms with Gasteiger partial charge in [-0.3, -0.25) is 9.48 Å². The van der Waals surface area contributed by atoms with Crippen molar-refractivity contribution in [1.82, 2.24) is 15.1 Å². The predicted molar refractivity (Wildman–Crippen MR) is 107 cm³/mol. The molecule has 0 bridgehead atoms. The Kier molecular flexibility index (Phi) is 7.60. The van der Waals surface area contributed by atoms with Crippen molar-refractivity contribution < 1.29 is 4.79 Å². The van der Waals surface area contributed by atoms with E-state index in [1.807, 2.05) is 18.5 Å². The molecule has 27 heavy (non-hydrogen) atoms. The zero-order valence-corrected chi connectivity index (χ0v) is 16.9. The monoisotopic (exact) mass is 366 g/mol. The van der Waals surface area contributed by atoms with Crippen molar-refractivity contribution in [2.45, 2.75) is 66.3 Å². The number of amides is 1. The van der Waals surface area contributed by atoms with Crippen LogP contribution in [0, 0.1) is 39.0 Å². The molecule has 2 aromatic rings. The molecule has 1 aromatic heterocycles. The second kappa shape index (κ2) is 9.91. The maximum Gasteiger partial charge on any atom is 0.220 e. The Morgan fingerprint density at radius 2 is 2.00 bits per heavy atom. The van der Waals surface area contributed by atoms with Crippen molar-refractivity contribution >= 4 is 5.91 Å². The minimum atomic E-state index is 0.0826. The number of nitriles is 1. The number of carbonyl (C=O) groups excluding carboxylic acids is 1. The molecule has 0 saturated heterocycles. The molecule has 0 unspecified atom stereocenters. The lowest BCUT2D eigenvalue weighted by atomic mass is 10.0. The third-order valence-corrected chi connectivity index (χ3v) is 5.01. The van der Waals surface area contributed by atoms with E-state index in [4.69, 9.17) is 5.26 Å². The third-order valence-electron chi connectivity index (χ3n) is 5.01. The molecule has 1 heterocycles. The summed E-state index contributed by atoms with van der Waals surface area (Å²) in [5, 5.41) is 16.2. The van der Waals surface area contributed by atoms with Crippen LogP contribution in [0.1, 0.15) is 52.9 Å². The van der Waals surface area contributed by atoms with Gasteiger partial charge in [0.05, 0.1) is 24.7 Å². The van der Waals surface area contributed by atoms with E-state index in [9.17, 15) is 4.79 Å². The van der Waals surface area contributed by atoms with E-state index in [-0.39, 0.29) is 5.91 Å². The lowest BCUT2D eigenvalue weighted by Gasteiger charge is -2.08. The topological polar surface area (TPSA) is 70.7 Å². The van der Waals surface area contributed by atoms with Gasteiger partial charge in [0.25, 0.3) is 0 Å². The number of hydrogen-bond donors (Lipinski definition) is 1. The van der Waals surface area contributed by atoms with Crippen LogP contribution in [-0.2, 0) is 24.2 Å². The lowest BCUT2D eigenvalue weighted by Crippen LogP contribution is -2.25. The smallest absolute Gasteiger partial charge is 0.220 e. The highest BCUT2D eigenvalue weighted by atomic mass is 16.1. The fourth-order valence-corrected chi connectivity index (χ4v) is 3.43. The first kappa shape index (κ1) is 20.7. The zero-order valence-electron chi connectivity index (χ0n) is 16.9. The van der Waals surface area contributed by atoms with Crippen LogP contribution in [0.25, 0.3) is 0 Å². The molecule has 0 radical (unpaired) electrons. The van der Waals surface area contributed by atoms with Crippen LogP contribution in [0.15, 0.2) is 18.2 Å². The molecule has 5 nitrogen and oxygen atoms in total. The Morgan fingerprint density at radius 1 is 1.22 bits per heavy atom. The van der Waals surface area contributed by atoms with Gasteiger partial charge in [-0.2, -0.15) is 10.4 Å². The first-order valence-electron chi connectivity index (χ1n) is 9.65. The molecular weight excluding hydrogens is 336 g/mol. The average Bonchev–Trinajstić information content (AvgIpc) is 2.90. The normalized spacial score (nSPS) is 10.6. The van der Waals surface area contributed by atoms with Crippen LogP contribution in [0.3, 0.4) is 0 Å². The Morgan fingerprint density at radius 3 is 2.70 bits per heavy atom. The van der Waals surface area contributed by atoms with E-state index in [1.165, 1.54) is 16.7 Å². The van der Waals surface area contributed by atoms with Gasteiger partial charge in [0.15, 0.2) is 0 Å². The molecule has 2 rings (SSSR count). The third kappa shape index (κ3) is 5.96. The van der Waals surface area contributed by atoms with Crippen molar-refractivity contribution in [3.63, 3.8) is 0 Å². The average molecular weight is 367 g/mol. The molecule has 1 aromatic carbocycles. The number of nitrogens with one attached hydrogen (secondary N) is 1. The molecule has 0 aliphatic carbocycles. The molecule has 0 saturated carbocycles. The van der Waals surface area contributed by atoms with Crippen molar-refractivity contribution in [2.24, 2.45) is 0 Å². The van der Waals surface area contributed by atoms with E-state index in [0.29, 0.717) is 32.4 Å². The van der Waals surface area contributed by atoms with Crippen LogP contribution in [0.5, 0.6) is 0 Å². The van der Waals surface area contributed by atoms with Gasteiger partial charge >= 0.3 is 0 Å². The molecule has 0 fully saturated rings. The van der Waals surface area contributed by atoms with Gasteiger partial charge in [0.2, 0.25) is 5.91 Å². The summed E-state index contributed by atoms with van der Waals surface area (Å²) in [7, 11) is 0. The van der Waals surface area contributed by atoms with Crippen molar-refractivity contribution in [2.75, 3.05) is 6.54 Å². The number of aryl methyl sites for hydroxylation is 5. The fourth-order valence-electron chi connectivity index (χ4n) is 3.43. The first-order valence-corrected chi connectivity index (χ1v) is 9.65. The summed E-state index contributed by atoms with van der Waals surface area (Å²) in [4.78, 5) is 12.2. The molecule has 5 heteroatoms. The Bertz CT molecular complexity index is 830. The number of benzene rings is 1. The summed E-state index contributed by atoms with van der Waals surface area (Å²) in [5.41, 5.74) is 7.09. The van der Waals surface area contributed by atoms with Gasteiger partial charge in [-0.25, -0.2) is 0 Å². The van der Waals surface area contributed by atoms with Crippen molar-refractivity contribution in [3.8, 4) is 6.07 Å². The number of hydrogen-bond acceptors (Lipinski definition) is 3. The quantitative estimate of drug-likeness (QED) is 0.688. The van der Waals surface area contributed by atoms with Crippen LogP contribution < -0.4 is 5.32 Å². The second-order valence-electron chi connectivity index (χ2n) is 7.16. The van der Waals surface area contributed by atoms with Gasteiger partial charge in [-0.05, 0) is 63.6 Å². The Hall–Kier alpha value is -2.61. The van der Waals surface area contributed by atoms with Gasteiger partial charge in [-0.15, -0.1) is 0 Å². The van der Waals surface area contributed by atoms with Crippen LogP contribution in [0.4, 0.5) is 0 Å². The molecule has 0 atom stereocenters. The summed E-state index contributed by atoms with van der Waals surface area (Å²) in [6.07, 6.45) is 3.53. The molecule has 144 valence electrons. The van der Waals surface area contributed by atoms with Crippen LogP contribution in [0.2, 0.25) is 0 Å². The maximum atomic E-state index is 12.2. The highest BCUT2D eigenvalue weighted by molar-refractivity contribution is 5.76. The first-order chi connectivity index (χ1) is 12.9.